The minimum atomic E-state index is -5.57. The lowest BCUT2D eigenvalue weighted by Gasteiger charge is -2.30. The van der Waals surface area contributed by atoms with Crippen LogP contribution in [0, 0.1) is 5.41 Å². The molecule has 24 nitrogen and oxygen atoms in total. The highest BCUT2D eigenvalue weighted by Gasteiger charge is 2.50. The van der Waals surface area contributed by atoms with Gasteiger partial charge in [0, 0.05) is 30.7 Å². The van der Waals surface area contributed by atoms with Gasteiger partial charge >= 0.3 is 23.5 Å². The molecule has 0 spiro atoms. The first-order chi connectivity index (χ1) is 24.4. The summed E-state index contributed by atoms with van der Waals surface area (Å²) < 4.78 is 61.9. The molecule has 7 atom stereocenters. The lowest BCUT2D eigenvalue weighted by Crippen LogP contribution is -2.46. The topological polar surface area (TPSA) is 364 Å². The summed E-state index contributed by atoms with van der Waals surface area (Å²) in [5.41, 5.74) is 4.62. The van der Waals surface area contributed by atoms with Crippen LogP contribution in [0.1, 0.15) is 33.4 Å². The maximum absolute atomic E-state index is 12.6. The van der Waals surface area contributed by atoms with Crippen molar-refractivity contribution in [1.82, 2.24) is 30.2 Å². The van der Waals surface area contributed by atoms with Crippen LogP contribution in [0.4, 0.5) is 5.82 Å². The Hall–Kier alpha value is -2.70. The average Bonchev–Trinajstić information content (AvgIpc) is 3.60. The molecule has 1 aliphatic rings. The molecule has 0 radical (unpaired) electrons. The summed E-state index contributed by atoms with van der Waals surface area (Å²) >= 11 is 0.979. The second-order valence-electron chi connectivity index (χ2n) is 12.0. The summed E-state index contributed by atoms with van der Waals surface area (Å²) in [5.74, 6) is -1.17. The van der Waals surface area contributed by atoms with Crippen molar-refractivity contribution < 1.29 is 80.5 Å². The van der Waals surface area contributed by atoms with Gasteiger partial charge in [-0.25, -0.2) is 28.6 Å². The summed E-state index contributed by atoms with van der Waals surface area (Å²) in [6.07, 6.45) is -6.93. The molecule has 3 rings (SSSR count). The number of phosphoric acid groups is 3. The number of hydrogen-bond acceptors (Lipinski definition) is 18. The SMILES string of the molecule is C=C(C)C(=O)SCCNC(=O)CCNC(=O)[C@H](O)C(C)(C)COP(=O)(O)OP(=O)(O)OCC1OC(n2cnc3c(N)ncnc32)C(O)C1OP(=O)(O)O. The first-order valence-electron chi connectivity index (χ1n) is 15.1. The first kappa shape index (κ1) is 44.7. The number of ether oxygens (including phenoxy) is 1. The predicted molar refractivity (Wildman–Crippen MR) is 182 cm³/mol. The van der Waals surface area contributed by atoms with Gasteiger partial charge in [-0.3, -0.25) is 32.5 Å². The predicted octanol–water partition coefficient (Wildman–Crippen LogP) is -0.759. The Morgan fingerprint density at radius 3 is 2.40 bits per heavy atom. The van der Waals surface area contributed by atoms with Crippen LogP contribution in [0.3, 0.4) is 0 Å². The van der Waals surface area contributed by atoms with Crippen LogP contribution in [-0.4, -0.2) is 123 Å². The number of rotatable bonds is 20. The van der Waals surface area contributed by atoms with Crippen LogP contribution in [-0.2, 0) is 50.7 Å². The fraction of sp³-hybridized carbons (Fsp3) is 0.600. The molecule has 2 aromatic heterocycles. The number of nitrogens with zero attached hydrogens (tertiary/aromatic N) is 4. The van der Waals surface area contributed by atoms with Crippen molar-refractivity contribution in [3.63, 3.8) is 0 Å². The number of thioether (sulfide) groups is 1. The maximum Gasteiger partial charge on any atom is 0.481 e. The molecule has 2 amide bonds. The van der Waals surface area contributed by atoms with Gasteiger partial charge in [-0.2, -0.15) is 4.31 Å². The summed E-state index contributed by atoms with van der Waals surface area (Å²) in [5, 5.41) is 26.0. The highest BCUT2D eigenvalue weighted by Crippen LogP contribution is 2.61. The zero-order valence-electron chi connectivity index (χ0n) is 28.3. The van der Waals surface area contributed by atoms with E-state index in [-0.39, 0.29) is 41.6 Å². The maximum atomic E-state index is 12.6. The van der Waals surface area contributed by atoms with Gasteiger partial charge in [0.2, 0.25) is 16.9 Å². The first-order valence-corrected chi connectivity index (χ1v) is 20.7. The van der Waals surface area contributed by atoms with Crippen molar-refractivity contribution in [3.05, 3.63) is 24.8 Å². The fourth-order valence-corrected chi connectivity index (χ4v) is 7.86. The van der Waals surface area contributed by atoms with E-state index in [1.54, 1.807) is 6.92 Å². The zero-order valence-corrected chi connectivity index (χ0v) is 31.8. The molecule has 0 aliphatic carbocycles. The van der Waals surface area contributed by atoms with Crippen LogP contribution in [0.2, 0.25) is 0 Å². The Bertz CT molecular complexity index is 1810. The smallest absolute Gasteiger partial charge is 0.386 e. The van der Waals surface area contributed by atoms with Gasteiger partial charge in [0.15, 0.2) is 17.7 Å². The van der Waals surface area contributed by atoms with Gasteiger partial charge in [-0.15, -0.1) is 0 Å². The highest BCUT2D eigenvalue weighted by molar-refractivity contribution is 8.14. The standard InChI is InChI=1S/C25H40N7O17P3S/c1-13(2)24(37)53-8-7-27-15(33)5-6-28-22(36)19(35)25(3,4)10-46-52(43,44)49-51(41,42)45-9-14-18(48-50(38,39)40)17(34)23(47-14)32-12-31-16-20(26)29-11-30-21(16)32/h11-12,14,17-19,23,34-35H,1,5-10H2,2-4H3,(H,27,33)(H,28,36)(H,41,42)(H,43,44)(H2,26,29,30)(H2,38,39,40)/t14?,17?,18?,19-,23?/m0/s1. The molecule has 28 heteroatoms. The molecule has 6 unspecified atom stereocenters. The molecule has 0 saturated carbocycles. The molecule has 298 valence electrons. The van der Waals surface area contributed by atoms with Crippen LogP contribution >= 0.6 is 35.2 Å². The van der Waals surface area contributed by atoms with Crippen molar-refractivity contribution in [2.24, 2.45) is 5.41 Å². The lowest BCUT2D eigenvalue weighted by atomic mass is 9.87. The van der Waals surface area contributed by atoms with E-state index < -0.39 is 84.6 Å². The number of amides is 2. The molecule has 1 fully saturated rings. The summed E-state index contributed by atoms with van der Waals surface area (Å²) in [7, 11) is -16.4. The minimum absolute atomic E-state index is 0.0291. The molecule has 0 bridgehead atoms. The number of hydrogen-bond donors (Lipinski definition) is 9. The quantitative estimate of drug-likeness (QED) is 0.0449. The number of imidazole rings is 1. The van der Waals surface area contributed by atoms with E-state index in [4.69, 9.17) is 19.5 Å². The largest absolute Gasteiger partial charge is 0.481 e. The Balaban J connectivity index is 1.53. The Morgan fingerprint density at radius 1 is 1.09 bits per heavy atom. The lowest BCUT2D eigenvalue weighted by molar-refractivity contribution is -0.137. The van der Waals surface area contributed by atoms with Crippen LogP contribution in [0.5, 0.6) is 0 Å². The molecule has 3 heterocycles. The minimum Gasteiger partial charge on any atom is -0.386 e. The zero-order chi connectivity index (χ0) is 39.9. The number of nitrogen functional groups attached to an aromatic ring is 1. The molecule has 1 aliphatic heterocycles. The summed E-state index contributed by atoms with van der Waals surface area (Å²) in [6.45, 7) is 5.52. The Labute approximate surface area is 305 Å². The number of nitrogens with two attached hydrogens (primary N) is 1. The van der Waals surface area contributed by atoms with Crippen LogP contribution < -0.4 is 16.4 Å². The van der Waals surface area contributed by atoms with E-state index in [1.807, 2.05) is 0 Å². The summed E-state index contributed by atoms with van der Waals surface area (Å²) in [4.78, 5) is 86.8. The molecule has 53 heavy (non-hydrogen) atoms. The molecular formula is C25H40N7O17P3S. The van der Waals surface area contributed by atoms with E-state index in [9.17, 15) is 57.9 Å². The normalized spacial score (nSPS) is 22.1. The number of aliphatic hydroxyl groups is 2. The summed E-state index contributed by atoms with van der Waals surface area (Å²) in [6, 6.07) is 0. The number of aliphatic hydroxyl groups excluding tert-OH is 2. The molecule has 10 N–H and O–H groups in total. The van der Waals surface area contributed by atoms with Crippen LogP contribution in [0.15, 0.2) is 24.8 Å². The van der Waals surface area contributed by atoms with Gasteiger partial charge in [-0.1, -0.05) is 32.2 Å². The van der Waals surface area contributed by atoms with Gasteiger partial charge in [0.05, 0.1) is 19.5 Å². The van der Waals surface area contributed by atoms with Crippen molar-refractivity contribution in [1.29, 1.82) is 0 Å². The second kappa shape index (κ2) is 18.3. The Morgan fingerprint density at radius 2 is 1.75 bits per heavy atom. The van der Waals surface area contributed by atoms with E-state index in [0.717, 1.165) is 29.0 Å². The van der Waals surface area contributed by atoms with E-state index in [1.165, 1.54) is 13.8 Å². The number of aromatic nitrogens is 4. The number of carbonyl (C=O) groups excluding carboxylic acids is 3. The molecule has 0 aromatic carbocycles. The van der Waals surface area contributed by atoms with E-state index >= 15 is 0 Å². The van der Waals surface area contributed by atoms with Crippen LogP contribution in [0.25, 0.3) is 11.2 Å². The fourth-order valence-electron chi connectivity index (χ4n) is 4.40. The van der Waals surface area contributed by atoms with Crippen molar-refractivity contribution in [2.75, 3.05) is 37.8 Å². The Kier molecular flexibility index (Phi) is 15.4. The van der Waals surface area contributed by atoms with Gasteiger partial charge < -0.3 is 50.9 Å². The number of phosphoric ester groups is 3. The van der Waals surface area contributed by atoms with Crippen molar-refractivity contribution in [3.8, 4) is 0 Å². The molecular weight excluding hydrogens is 795 g/mol. The van der Waals surface area contributed by atoms with Gasteiger partial charge in [-0.05, 0) is 12.5 Å². The molecule has 1 saturated heterocycles. The number of anilines is 1. The van der Waals surface area contributed by atoms with Crippen molar-refractivity contribution in [2.45, 2.75) is 57.8 Å². The third-order valence-corrected chi connectivity index (χ3v) is 11.2. The van der Waals surface area contributed by atoms with E-state index in [2.05, 4.69) is 41.0 Å². The van der Waals surface area contributed by atoms with Gasteiger partial charge in [0.25, 0.3) is 0 Å². The molecule has 2 aromatic rings. The number of nitrogens with one attached hydrogen (secondary N) is 2. The second-order valence-corrected chi connectivity index (χ2v) is 17.3. The average molecular weight is 836 g/mol. The monoisotopic (exact) mass is 835 g/mol. The third kappa shape index (κ3) is 13.2. The number of fused-ring (bicyclic) bond motifs is 1. The highest BCUT2D eigenvalue weighted by atomic mass is 32.2. The van der Waals surface area contributed by atoms with Crippen molar-refractivity contribution >= 4 is 69.1 Å². The van der Waals surface area contributed by atoms with E-state index in [0.29, 0.717) is 11.3 Å². The van der Waals surface area contributed by atoms with Gasteiger partial charge in [0.1, 0.15) is 36.3 Å². The third-order valence-electron chi connectivity index (χ3n) is 7.08. The number of carbonyl (C=O) groups is 3.